The lowest BCUT2D eigenvalue weighted by atomic mass is 10.2. The highest BCUT2D eigenvalue weighted by molar-refractivity contribution is 8.27. The maximum atomic E-state index is 12.6. The molecule has 2 atom stereocenters. The van der Waals surface area contributed by atoms with E-state index >= 15 is 0 Å². The molecule has 0 aromatic rings. The molecule has 2 fully saturated rings. The summed E-state index contributed by atoms with van der Waals surface area (Å²) in [6, 6.07) is 0. The van der Waals surface area contributed by atoms with Gasteiger partial charge < -0.3 is 0 Å². The monoisotopic (exact) mass is 376 g/mol. The molecule has 22 heavy (non-hydrogen) atoms. The molecule has 2 saturated heterocycles. The van der Waals surface area contributed by atoms with Gasteiger partial charge in [-0.15, -0.1) is 0 Å². The summed E-state index contributed by atoms with van der Waals surface area (Å²) in [5, 5.41) is -0.849. The molecule has 4 nitrogen and oxygen atoms in total. The van der Waals surface area contributed by atoms with Gasteiger partial charge in [0.15, 0.2) is 0 Å². The van der Waals surface area contributed by atoms with Crippen molar-refractivity contribution >= 4 is 68.4 Å². The van der Waals surface area contributed by atoms with Gasteiger partial charge in [0.2, 0.25) is 11.8 Å². The Labute approximate surface area is 150 Å². The van der Waals surface area contributed by atoms with E-state index in [1.807, 2.05) is 0 Å². The second-order valence-electron chi connectivity index (χ2n) is 5.30. The first kappa shape index (κ1) is 18.2. The third-order valence-corrected chi connectivity index (χ3v) is 7.15. The number of unbranched alkanes of at least 4 members (excludes halogenated alkanes) is 2. The Morgan fingerprint density at radius 3 is 1.55 bits per heavy atom. The van der Waals surface area contributed by atoms with Crippen LogP contribution in [0.2, 0.25) is 0 Å². The Morgan fingerprint density at radius 1 is 0.864 bits per heavy atom. The van der Waals surface area contributed by atoms with Crippen molar-refractivity contribution < 1.29 is 9.59 Å². The van der Waals surface area contributed by atoms with E-state index in [1.54, 1.807) is 9.80 Å². The lowest BCUT2D eigenvalue weighted by molar-refractivity contribution is -0.131. The number of rotatable bonds is 7. The van der Waals surface area contributed by atoms with E-state index in [4.69, 9.17) is 24.4 Å². The van der Waals surface area contributed by atoms with Gasteiger partial charge in [-0.3, -0.25) is 19.4 Å². The zero-order valence-corrected chi connectivity index (χ0v) is 16.0. The van der Waals surface area contributed by atoms with E-state index in [0.29, 0.717) is 21.7 Å². The first-order valence-electron chi connectivity index (χ1n) is 7.55. The van der Waals surface area contributed by atoms with E-state index in [2.05, 4.69) is 13.8 Å². The Bertz CT molecular complexity index is 453. The molecule has 2 rings (SSSR count). The van der Waals surface area contributed by atoms with Crippen molar-refractivity contribution in [1.82, 2.24) is 9.80 Å². The van der Waals surface area contributed by atoms with Crippen LogP contribution in [0.1, 0.15) is 39.5 Å². The Hall–Kier alpha value is -0.180. The average molecular weight is 377 g/mol. The number of carbonyl (C=O) groups excluding carboxylic acids is 2. The van der Waals surface area contributed by atoms with Gasteiger partial charge in [-0.2, -0.15) is 0 Å². The van der Waals surface area contributed by atoms with Crippen molar-refractivity contribution in [2.75, 3.05) is 13.1 Å². The van der Waals surface area contributed by atoms with Crippen LogP contribution in [-0.4, -0.2) is 53.8 Å². The third kappa shape index (κ3) is 3.66. The molecule has 0 saturated carbocycles. The van der Waals surface area contributed by atoms with Crippen LogP contribution in [0.5, 0.6) is 0 Å². The van der Waals surface area contributed by atoms with E-state index in [0.717, 1.165) is 25.7 Å². The molecular weight excluding hydrogens is 356 g/mol. The van der Waals surface area contributed by atoms with Gasteiger partial charge in [0.1, 0.15) is 19.1 Å². The van der Waals surface area contributed by atoms with Gasteiger partial charge >= 0.3 is 0 Å². The molecule has 2 aliphatic heterocycles. The van der Waals surface area contributed by atoms with E-state index in [1.165, 1.54) is 23.5 Å². The van der Waals surface area contributed by atoms with Gasteiger partial charge in [0.25, 0.3) is 0 Å². The standard InChI is InChI=1S/C14H20N2O2S4/c1-3-5-7-15-11(17)9(21-13(15)19)10-12(18)16(8-6-4-2)14(20)22-10/h9-10H,3-8H2,1-2H3. The highest BCUT2D eigenvalue weighted by atomic mass is 32.2. The highest BCUT2D eigenvalue weighted by Gasteiger charge is 2.50. The molecule has 0 radical (unpaired) electrons. The Balaban J connectivity index is 2.06. The first-order valence-corrected chi connectivity index (χ1v) is 10.1. The zero-order valence-electron chi connectivity index (χ0n) is 12.7. The molecule has 0 N–H and O–H groups in total. The second-order valence-corrected chi connectivity index (χ2v) is 8.85. The SMILES string of the molecule is CCCCN1C(=O)C(C2SC(=S)N(CCCC)C2=O)SC1=S. The van der Waals surface area contributed by atoms with Gasteiger partial charge in [0, 0.05) is 13.1 Å². The van der Waals surface area contributed by atoms with Crippen LogP contribution in [-0.2, 0) is 9.59 Å². The van der Waals surface area contributed by atoms with Crippen LogP contribution < -0.4 is 0 Å². The van der Waals surface area contributed by atoms with Gasteiger partial charge in [0.05, 0.1) is 0 Å². The smallest absolute Gasteiger partial charge is 0.243 e. The lowest BCUT2D eigenvalue weighted by Gasteiger charge is -2.17. The number of hydrogen-bond donors (Lipinski definition) is 0. The maximum absolute atomic E-state index is 12.6. The predicted octanol–water partition coefficient (Wildman–Crippen LogP) is 3.04. The molecule has 0 spiro atoms. The van der Waals surface area contributed by atoms with Gasteiger partial charge in [-0.05, 0) is 12.8 Å². The van der Waals surface area contributed by atoms with Crippen molar-refractivity contribution in [1.29, 1.82) is 0 Å². The predicted molar refractivity (Wildman–Crippen MR) is 101 cm³/mol. The third-order valence-electron chi connectivity index (χ3n) is 3.66. The summed E-state index contributed by atoms with van der Waals surface area (Å²) in [5.74, 6) is -0.0658. The summed E-state index contributed by atoms with van der Waals surface area (Å²) in [5.41, 5.74) is 0. The number of hydrogen-bond acceptors (Lipinski definition) is 6. The van der Waals surface area contributed by atoms with Crippen molar-refractivity contribution in [3.8, 4) is 0 Å². The fraction of sp³-hybridized carbons (Fsp3) is 0.714. The van der Waals surface area contributed by atoms with Crippen LogP contribution in [0.25, 0.3) is 0 Å². The molecule has 8 heteroatoms. The fourth-order valence-corrected chi connectivity index (χ4v) is 5.66. The number of thiocarbonyl (C=S) groups is 2. The summed E-state index contributed by atoms with van der Waals surface area (Å²) < 4.78 is 1.18. The molecule has 2 unspecified atom stereocenters. The first-order chi connectivity index (χ1) is 10.5. The van der Waals surface area contributed by atoms with E-state index in [9.17, 15) is 9.59 Å². The van der Waals surface area contributed by atoms with Crippen LogP contribution in [0, 0.1) is 0 Å². The molecule has 0 aromatic heterocycles. The molecular formula is C14H20N2O2S4. The highest BCUT2D eigenvalue weighted by Crippen LogP contribution is 2.40. The fourth-order valence-electron chi connectivity index (χ4n) is 2.35. The van der Waals surface area contributed by atoms with Crippen LogP contribution in [0.3, 0.4) is 0 Å². The maximum Gasteiger partial charge on any atom is 0.243 e. The molecule has 122 valence electrons. The normalized spacial score (nSPS) is 25.7. The quantitative estimate of drug-likeness (QED) is 0.636. The minimum Gasteiger partial charge on any atom is -0.297 e. The molecule has 0 bridgehead atoms. The minimum atomic E-state index is -0.425. The van der Waals surface area contributed by atoms with Crippen molar-refractivity contribution in [3.05, 3.63) is 0 Å². The minimum absolute atomic E-state index is 0.0329. The second kappa shape index (κ2) is 8.08. The summed E-state index contributed by atoms with van der Waals surface area (Å²) in [6.45, 7) is 5.45. The van der Waals surface area contributed by atoms with Crippen LogP contribution in [0.4, 0.5) is 0 Å². The topological polar surface area (TPSA) is 40.6 Å². The zero-order chi connectivity index (χ0) is 16.3. The molecule has 2 heterocycles. The van der Waals surface area contributed by atoms with Crippen molar-refractivity contribution in [2.45, 2.75) is 50.0 Å². The summed E-state index contributed by atoms with van der Waals surface area (Å²) in [6.07, 6.45) is 3.86. The molecule has 0 aromatic carbocycles. The number of thioether (sulfide) groups is 2. The van der Waals surface area contributed by atoms with Crippen LogP contribution >= 0.6 is 48.0 Å². The molecule has 2 aliphatic rings. The Morgan fingerprint density at radius 2 is 1.23 bits per heavy atom. The lowest BCUT2D eigenvalue weighted by Crippen LogP contribution is -2.40. The van der Waals surface area contributed by atoms with Crippen molar-refractivity contribution in [3.63, 3.8) is 0 Å². The largest absolute Gasteiger partial charge is 0.297 e. The molecule has 2 amide bonds. The van der Waals surface area contributed by atoms with Gasteiger partial charge in [-0.1, -0.05) is 74.6 Å². The molecule has 0 aliphatic carbocycles. The van der Waals surface area contributed by atoms with Crippen molar-refractivity contribution in [2.24, 2.45) is 0 Å². The average Bonchev–Trinajstić information content (AvgIpc) is 2.92. The summed E-state index contributed by atoms with van der Waals surface area (Å²) >= 11 is 13.3. The summed E-state index contributed by atoms with van der Waals surface area (Å²) in [4.78, 5) is 28.4. The van der Waals surface area contributed by atoms with E-state index in [-0.39, 0.29) is 11.8 Å². The van der Waals surface area contributed by atoms with Crippen LogP contribution in [0.15, 0.2) is 0 Å². The number of carbonyl (C=O) groups is 2. The van der Waals surface area contributed by atoms with E-state index < -0.39 is 10.5 Å². The summed E-state index contributed by atoms with van der Waals surface area (Å²) in [7, 11) is 0. The number of nitrogens with zero attached hydrogens (tertiary/aromatic N) is 2. The Kier molecular flexibility index (Phi) is 6.67. The number of amides is 2. The van der Waals surface area contributed by atoms with Gasteiger partial charge in [-0.25, -0.2) is 0 Å².